The lowest BCUT2D eigenvalue weighted by Gasteiger charge is -2.28. The fourth-order valence-corrected chi connectivity index (χ4v) is 4.03. The second-order valence-electron chi connectivity index (χ2n) is 7.13. The zero-order valence-corrected chi connectivity index (χ0v) is 17.8. The molecule has 0 spiro atoms. The monoisotopic (exact) mass is 453 g/mol. The molecule has 2 N–H and O–H groups in total. The average molecular weight is 454 g/mol. The molecule has 1 aliphatic heterocycles. The van der Waals surface area contributed by atoms with Gasteiger partial charge in [-0.1, -0.05) is 59.6 Å². The van der Waals surface area contributed by atoms with Crippen LogP contribution in [-0.2, 0) is 24.3 Å². The summed E-state index contributed by atoms with van der Waals surface area (Å²) in [5.41, 5.74) is 8.71. The van der Waals surface area contributed by atoms with Gasteiger partial charge in [-0.2, -0.15) is 5.10 Å². The summed E-state index contributed by atoms with van der Waals surface area (Å²) in [5.74, 6) is -0.725. The highest BCUT2D eigenvalue weighted by atomic mass is 35.5. The molecule has 1 aromatic heterocycles. The summed E-state index contributed by atoms with van der Waals surface area (Å²) >= 11 is 12.5. The molecule has 0 radical (unpaired) electrons. The van der Waals surface area contributed by atoms with Crippen molar-refractivity contribution in [1.29, 1.82) is 0 Å². The maximum absolute atomic E-state index is 12.9. The number of benzene rings is 2. The highest BCUT2D eigenvalue weighted by molar-refractivity contribution is 6.43. The number of rotatable bonds is 4. The highest BCUT2D eigenvalue weighted by Crippen LogP contribution is 2.36. The van der Waals surface area contributed by atoms with E-state index in [9.17, 15) is 9.59 Å². The largest absolute Gasteiger partial charge is 0.365 e. The summed E-state index contributed by atoms with van der Waals surface area (Å²) < 4.78 is 1.70. The van der Waals surface area contributed by atoms with E-state index in [4.69, 9.17) is 35.5 Å². The van der Waals surface area contributed by atoms with Crippen molar-refractivity contribution in [2.45, 2.75) is 19.5 Å². The van der Waals surface area contributed by atoms with Gasteiger partial charge < -0.3 is 10.6 Å². The molecule has 0 aliphatic carbocycles. The Morgan fingerprint density at radius 2 is 1.87 bits per heavy atom. The normalized spacial score (nSPS) is 12.9. The first-order valence-electron chi connectivity index (χ1n) is 9.47. The van der Waals surface area contributed by atoms with Crippen LogP contribution in [0, 0.1) is 6.57 Å². The van der Waals surface area contributed by atoms with E-state index in [0.29, 0.717) is 40.8 Å². The fraction of sp³-hybridized carbons (Fsp3) is 0.182. The predicted molar refractivity (Wildman–Crippen MR) is 118 cm³/mol. The van der Waals surface area contributed by atoms with Crippen molar-refractivity contribution in [3.05, 3.63) is 80.7 Å². The maximum atomic E-state index is 12.9. The standard InChI is InChI=1S/C22H17Cl2N5O2/c1-26-14-7-5-13(6-8-14)11-18(30)28-9-10-29-17(12-28)19(22(25)31)21(27-29)15-3-2-4-16(23)20(15)24/h2-8H,9-12H2,(H2,25,31). The molecule has 9 heteroatoms. The fourth-order valence-electron chi connectivity index (χ4n) is 3.64. The van der Waals surface area contributed by atoms with Crippen molar-refractivity contribution in [1.82, 2.24) is 14.7 Å². The first-order chi connectivity index (χ1) is 14.9. The summed E-state index contributed by atoms with van der Waals surface area (Å²) in [5, 5.41) is 5.19. The van der Waals surface area contributed by atoms with Gasteiger partial charge in [0.05, 0.1) is 47.4 Å². The van der Waals surface area contributed by atoms with E-state index in [2.05, 4.69) is 9.94 Å². The van der Waals surface area contributed by atoms with Gasteiger partial charge in [-0.05, 0) is 11.6 Å². The van der Waals surface area contributed by atoms with Crippen molar-refractivity contribution >= 4 is 40.7 Å². The van der Waals surface area contributed by atoms with Crippen LogP contribution in [0.2, 0.25) is 10.0 Å². The summed E-state index contributed by atoms with van der Waals surface area (Å²) in [4.78, 5) is 30.2. The van der Waals surface area contributed by atoms with Gasteiger partial charge >= 0.3 is 0 Å². The Hall–Kier alpha value is -3.34. The van der Waals surface area contributed by atoms with Crippen molar-refractivity contribution in [3.63, 3.8) is 0 Å². The van der Waals surface area contributed by atoms with Gasteiger partial charge in [0.2, 0.25) is 5.91 Å². The first kappa shape index (κ1) is 20.9. The molecule has 4 rings (SSSR count). The topological polar surface area (TPSA) is 85.6 Å². The van der Waals surface area contributed by atoms with Crippen LogP contribution >= 0.6 is 23.2 Å². The molecule has 0 saturated heterocycles. The number of carbonyl (C=O) groups excluding carboxylic acids is 2. The minimum absolute atomic E-state index is 0.0826. The van der Waals surface area contributed by atoms with E-state index in [1.807, 2.05) is 0 Å². The minimum Gasteiger partial charge on any atom is -0.365 e. The Morgan fingerprint density at radius 3 is 2.55 bits per heavy atom. The summed E-state index contributed by atoms with van der Waals surface area (Å²) in [6, 6.07) is 12.0. The number of hydrogen-bond donors (Lipinski definition) is 1. The average Bonchev–Trinajstić information content (AvgIpc) is 3.15. The zero-order chi connectivity index (χ0) is 22.1. The third-order valence-corrected chi connectivity index (χ3v) is 6.03. The Bertz CT molecular complexity index is 1230. The lowest BCUT2D eigenvalue weighted by molar-refractivity contribution is -0.132. The lowest BCUT2D eigenvalue weighted by Crippen LogP contribution is -2.40. The molecule has 7 nitrogen and oxygen atoms in total. The quantitative estimate of drug-likeness (QED) is 0.603. The summed E-state index contributed by atoms with van der Waals surface area (Å²) in [6.45, 7) is 8.11. The van der Waals surface area contributed by atoms with Gasteiger partial charge in [-0.3, -0.25) is 14.3 Å². The lowest BCUT2D eigenvalue weighted by atomic mass is 10.0. The molecule has 3 aromatic rings. The van der Waals surface area contributed by atoms with Gasteiger partial charge in [-0.15, -0.1) is 0 Å². The van der Waals surface area contributed by atoms with Crippen LogP contribution in [0.1, 0.15) is 21.6 Å². The van der Waals surface area contributed by atoms with Crippen molar-refractivity contribution in [3.8, 4) is 11.3 Å². The Balaban J connectivity index is 1.63. The summed E-state index contributed by atoms with van der Waals surface area (Å²) in [7, 11) is 0. The van der Waals surface area contributed by atoms with Crippen LogP contribution in [0.5, 0.6) is 0 Å². The van der Waals surface area contributed by atoms with Crippen molar-refractivity contribution in [2.24, 2.45) is 5.73 Å². The molecular weight excluding hydrogens is 437 g/mol. The van der Waals surface area contributed by atoms with Crippen LogP contribution in [0.4, 0.5) is 5.69 Å². The van der Waals surface area contributed by atoms with Crippen molar-refractivity contribution in [2.75, 3.05) is 6.54 Å². The first-order valence-corrected chi connectivity index (χ1v) is 10.2. The van der Waals surface area contributed by atoms with Gasteiger partial charge in [0, 0.05) is 12.1 Å². The molecule has 0 bridgehead atoms. The predicted octanol–water partition coefficient (Wildman–Crippen LogP) is 4.09. The number of halogens is 2. The molecule has 156 valence electrons. The molecular formula is C22H17Cl2N5O2. The Morgan fingerprint density at radius 1 is 1.13 bits per heavy atom. The Labute approximate surface area is 188 Å². The van der Waals surface area contributed by atoms with Crippen LogP contribution in [0.3, 0.4) is 0 Å². The van der Waals surface area contributed by atoms with Gasteiger partial charge in [0.15, 0.2) is 5.69 Å². The van der Waals surface area contributed by atoms with Crippen LogP contribution in [0.25, 0.3) is 16.1 Å². The van der Waals surface area contributed by atoms with Crippen LogP contribution in [0.15, 0.2) is 42.5 Å². The second kappa shape index (κ2) is 8.42. The SMILES string of the molecule is [C-]#[N+]c1ccc(CC(=O)N2CCn3nc(-c4cccc(Cl)c4Cl)c(C(N)=O)c3C2)cc1. The van der Waals surface area contributed by atoms with Gasteiger partial charge in [0.1, 0.15) is 5.69 Å². The number of hydrogen-bond acceptors (Lipinski definition) is 3. The zero-order valence-electron chi connectivity index (χ0n) is 16.3. The van der Waals surface area contributed by atoms with E-state index in [1.54, 1.807) is 52.0 Å². The Kier molecular flexibility index (Phi) is 5.68. The molecule has 1 aliphatic rings. The van der Waals surface area contributed by atoms with Gasteiger partial charge in [-0.25, -0.2) is 4.85 Å². The number of carbonyl (C=O) groups is 2. The van der Waals surface area contributed by atoms with E-state index >= 15 is 0 Å². The van der Waals surface area contributed by atoms with E-state index in [1.165, 1.54) is 0 Å². The van der Waals surface area contributed by atoms with E-state index in [0.717, 1.165) is 5.56 Å². The highest BCUT2D eigenvalue weighted by Gasteiger charge is 2.30. The van der Waals surface area contributed by atoms with Crippen LogP contribution in [-0.4, -0.2) is 33.0 Å². The maximum Gasteiger partial charge on any atom is 0.252 e. The molecule has 2 aromatic carbocycles. The van der Waals surface area contributed by atoms with E-state index < -0.39 is 5.91 Å². The van der Waals surface area contributed by atoms with Crippen molar-refractivity contribution < 1.29 is 9.59 Å². The summed E-state index contributed by atoms with van der Waals surface area (Å²) in [6.07, 6.45) is 0.200. The molecule has 2 amide bonds. The molecule has 0 unspecified atom stereocenters. The van der Waals surface area contributed by atoms with E-state index in [-0.39, 0.29) is 29.5 Å². The number of aromatic nitrogens is 2. The molecule has 2 heterocycles. The molecule has 31 heavy (non-hydrogen) atoms. The van der Waals surface area contributed by atoms with Crippen LogP contribution < -0.4 is 5.73 Å². The minimum atomic E-state index is -0.642. The molecule has 0 fully saturated rings. The number of primary amides is 1. The smallest absolute Gasteiger partial charge is 0.252 e. The molecule has 0 saturated carbocycles. The number of fused-ring (bicyclic) bond motifs is 1. The number of amides is 2. The third-order valence-electron chi connectivity index (χ3n) is 5.21. The van der Waals surface area contributed by atoms with Gasteiger partial charge in [0.25, 0.3) is 5.91 Å². The second-order valence-corrected chi connectivity index (χ2v) is 7.91. The number of nitrogens with two attached hydrogens (primary N) is 1. The third kappa shape index (κ3) is 4.00. The number of nitrogens with zero attached hydrogens (tertiary/aromatic N) is 4. The molecule has 0 atom stereocenters.